The number of carbonyl (C=O) groups excluding carboxylic acids is 2. The number of allylic oxidation sites excluding steroid dienone is 14. The van der Waals surface area contributed by atoms with E-state index in [2.05, 4.69) is 92.0 Å². The minimum atomic E-state index is -0.225. The summed E-state index contributed by atoms with van der Waals surface area (Å²) >= 11 is 6.09. The van der Waals surface area contributed by atoms with Gasteiger partial charge in [0.1, 0.15) is 0 Å². The van der Waals surface area contributed by atoms with E-state index in [0.29, 0.717) is 29.2 Å². The molecule has 50 heavy (non-hydrogen) atoms. The lowest BCUT2D eigenvalue weighted by Gasteiger charge is -2.32. The smallest absolute Gasteiger partial charge is 0.228 e. The van der Waals surface area contributed by atoms with Crippen LogP contribution < -0.4 is 0 Å². The number of carbonyl (C=O) groups is 2. The average molecular weight is 693 g/mol. The van der Waals surface area contributed by atoms with Crippen LogP contribution in [0.4, 0.5) is 0 Å². The molecule has 0 saturated heterocycles. The van der Waals surface area contributed by atoms with Gasteiger partial charge in [0.2, 0.25) is 5.78 Å². The Morgan fingerprint density at radius 3 is 1.70 bits per heavy atom. The predicted molar refractivity (Wildman–Crippen MR) is 208 cm³/mol. The number of unbranched alkanes of at least 4 members (excludes halogenated alkanes) is 1. The standard InChI is InChI=1S/C45H53ClO4/c1-2-3-4-5-6-7-8-9-10-11-12-13-14-15-16-17-18-19-20-23-34-49-35-50-45-42(43(47)40-24-21-22-25-41(40)44(45)48)38-28-26-36(27-29-38)37-30-32-39(46)33-31-37/h3-4,6-7,9-10,12-13,15-16,18-19,21-22,24-25,30-33,36,38H,2,5,8,11,14,17,20,23,26-29,34-35H2,1H3/b4-3-,7-6-,10-9-,13-12-,16-15-,19-18-/t36-,38-. The molecule has 0 heterocycles. The molecule has 1 fully saturated rings. The van der Waals surface area contributed by atoms with Gasteiger partial charge in [-0.25, -0.2) is 0 Å². The van der Waals surface area contributed by atoms with E-state index in [-0.39, 0.29) is 30.0 Å². The Morgan fingerprint density at radius 1 is 0.640 bits per heavy atom. The lowest BCUT2D eigenvalue weighted by molar-refractivity contribution is -0.0243. The number of benzene rings is 2. The van der Waals surface area contributed by atoms with Crippen LogP contribution in [0.5, 0.6) is 0 Å². The highest BCUT2D eigenvalue weighted by atomic mass is 35.5. The van der Waals surface area contributed by atoms with Crippen LogP contribution in [0.15, 0.2) is 133 Å². The zero-order chi connectivity index (χ0) is 35.2. The van der Waals surface area contributed by atoms with Gasteiger partial charge in [-0.2, -0.15) is 0 Å². The van der Waals surface area contributed by atoms with Crippen LogP contribution in [0.2, 0.25) is 5.02 Å². The van der Waals surface area contributed by atoms with E-state index >= 15 is 0 Å². The van der Waals surface area contributed by atoms with Gasteiger partial charge in [0.25, 0.3) is 0 Å². The minimum Gasteiger partial charge on any atom is -0.463 e. The molecule has 0 N–H and O–H groups in total. The molecule has 0 aromatic heterocycles. The van der Waals surface area contributed by atoms with Crippen molar-refractivity contribution in [2.24, 2.45) is 5.92 Å². The Labute approximate surface area is 305 Å². The quantitative estimate of drug-likeness (QED) is 0.0787. The van der Waals surface area contributed by atoms with Crippen molar-refractivity contribution in [3.05, 3.63) is 154 Å². The molecule has 0 unspecified atom stereocenters. The van der Waals surface area contributed by atoms with Crippen LogP contribution in [-0.2, 0) is 9.47 Å². The summed E-state index contributed by atoms with van der Waals surface area (Å²) in [6.45, 7) is 2.62. The van der Waals surface area contributed by atoms with Crippen molar-refractivity contribution < 1.29 is 19.1 Å². The van der Waals surface area contributed by atoms with Gasteiger partial charge in [0.05, 0.1) is 6.61 Å². The summed E-state index contributed by atoms with van der Waals surface area (Å²) in [7, 11) is 0. The highest BCUT2D eigenvalue weighted by molar-refractivity contribution is 6.30. The fourth-order valence-corrected chi connectivity index (χ4v) is 6.56. The van der Waals surface area contributed by atoms with Gasteiger partial charge in [0.15, 0.2) is 18.3 Å². The van der Waals surface area contributed by atoms with Crippen molar-refractivity contribution in [2.45, 2.75) is 89.9 Å². The molecular weight excluding hydrogens is 640 g/mol. The van der Waals surface area contributed by atoms with Gasteiger partial charge >= 0.3 is 0 Å². The zero-order valence-electron chi connectivity index (χ0n) is 29.6. The second-order valence-corrected chi connectivity index (χ2v) is 13.2. The second kappa shape index (κ2) is 22.7. The molecule has 0 spiro atoms. The van der Waals surface area contributed by atoms with Crippen LogP contribution in [0.3, 0.4) is 0 Å². The van der Waals surface area contributed by atoms with Gasteiger partial charge < -0.3 is 9.47 Å². The number of fused-ring (bicyclic) bond motifs is 1. The molecule has 1 saturated carbocycles. The molecule has 0 bridgehead atoms. The topological polar surface area (TPSA) is 52.6 Å². The Bertz CT molecular complexity index is 1560. The molecule has 0 atom stereocenters. The summed E-state index contributed by atoms with van der Waals surface area (Å²) in [5.74, 6) is 0.242. The largest absolute Gasteiger partial charge is 0.463 e. The average Bonchev–Trinajstić information content (AvgIpc) is 3.14. The summed E-state index contributed by atoms with van der Waals surface area (Å²) in [6, 6.07) is 15.1. The fourth-order valence-electron chi connectivity index (χ4n) is 6.44. The Hall–Kier alpha value is -3.99. The number of Topliss-reactive ketones (excluding diaryl/α,β-unsaturated/α-hetero) is 2. The maximum Gasteiger partial charge on any atom is 0.228 e. The Morgan fingerprint density at radius 2 is 1.14 bits per heavy atom. The second-order valence-electron chi connectivity index (χ2n) is 12.8. The van der Waals surface area contributed by atoms with Gasteiger partial charge in [-0.05, 0) is 107 Å². The molecule has 2 aromatic rings. The zero-order valence-corrected chi connectivity index (χ0v) is 30.4. The van der Waals surface area contributed by atoms with Gasteiger partial charge in [-0.3, -0.25) is 9.59 Å². The molecule has 0 aliphatic heterocycles. The summed E-state index contributed by atoms with van der Waals surface area (Å²) in [5.41, 5.74) is 2.66. The van der Waals surface area contributed by atoms with E-state index in [1.54, 1.807) is 18.2 Å². The first-order valence-corrected chi connectivity index (χ1v) is 18.8. The maximum atomic E-state index is 13.7. The van der Waals surface area contributed by atoms with E-state index in [9.17, 15) is 9.59 Å². The van der Waals surface area contributed by atoms with Crippen LogP contribution in [0.25, 0.3) is 0 Å². The molecule has 4 nitrogen and oxygen atoms in total. The molecule has 264 valence electrons. The van der Waals surface area contributed by atoms with Crippen molar-refractivity contribution in [3.63, 3.8) is 0 Å². The molecule has 2 aliphatic rings. The Kier molecular flexibility index (Phi) is 17.6. The fraction of sp³-hybridized carbons (Fsp3) is 0.378. The first-order chi connectivity index (χ1) is 24.6. The van der Waals surface area contributed by atoms with Crippen molar-refractivity contribution in [2.75, 3.05) is 13.4 Å². The highest BCUT2D eigenvalue weighted by Gasteiger charge is 2.38. The first kappa shape index (κ1) is 38.8. The van der Waals surface area contributed by atoms with E-state index in [1.165, 1.54) is 5.56 Å². The monoisotopic (exact) mass is 692 g/mol. The van der Waals surface area contributed by atoms with Gasteiger partial charge in [-0.15, -0.1) is 0 Å². The van der Waals surface area contributed by atoms with E-state index in [4.69, 9.17) is 21.1 Å². The lowest BCUT2D eigenvalue weighted by atomic mass is 9.72. The predicted octanol–water partition coefficient (Wildman–Crippen LogP) is 12.4. The number of hydrogen-bond donors (Lipinski definition) is 0. The van der Waals surface area contributed by atoms with Gasteiger partial charge in [0, 0.05) is 21.7 Å². The number of hydrogen-bond acceptors (Lipinski definition) is 4. The van der Waals surface area contributed by atoms with Crippen molar-refractivity contribution in [1.29, 1.82) is 0 Å². The minimum absolute atomic E-state index is 0.0218. The molecule has 5 heteroatoms. The van der Waals surface area contributed by atoms with Crippen molar-refractivity contribution in [3.8, 4) is 0 Å². The van der Waals surface area contributed by atoms with Crippen LogP contribution in [0.1, 0.15) is 116 Å². The molecular formula is C45H53ClO4. The summed E-state index contributed by atoms with van der Waals surface area (Å²) < 4.78 is 11.8. The third-order valence-corrected chi connectivity index (χ3v) is 9.38. The molecule has 0 radical (unpaired) electrons. The molecule has 2 aliphatic carbocycles. The van der Waals surface area contributed by atoms with E-state index in [1.807, 2.05) is 18.2 Å². The SMILES string of the molecule is CC/C=C\C/C=C\C/C=C\C/C=C\C/C=C\C/C=C\CCCOCOC1=C([C@H]2CC[C@H](c3ccc(Cl)cc3)CC2)C(=O)c2ccccc2C1=O. The normalized spacial score (nSPS) is 18.7. The lowest BCUT2D eigenvalue weighted by Crippen LogP contribution is -2.29. The summed E-state index contributed by atoms with van der Waals surface area (Å²) in [5, 5.41) is 0.732. The molecule has 0 amide bonds. The van der Waals surface area contributed by atoms with E-state index in [0.717, 1.165) is 82.1 Å². The third-order valence-electron chi connectivity index (χ3n) is 9.13. The third kappa shape index (κ3) is 12.7. The first-order valence-electron chi connectivity index (χ1n) is 18.4. The number of rotatable bonds is 20. The summed E-state index contributed by atoms with van der Waals surface area (Å²) in [6.07, 6.45) is 37.6. The van der Waals surface area contributed by atoms with Crippen LogP contribution >= 0.6 is 11.6 Å². The highest BCUT2D eigenvalue weighted by Crippen LogP contribution is 2.42. The molecule has 2 aromatic carbocycles. The molecule has 4 rings (SSSR count). The maximum absolute atomic E-state index is 13.7. The summed E-state index contributed by atoms with van der Waals surface area (Å²) in [4.78, 5) is 27.3. The number of halogens is 1. The Balaban J connectivity index is 1.14. The number of ether oxygens (including phenoxy) is 2. The van der Waals surface area contributed by atoms with Gasteiger partial charge in [-0.1, -0.05) is 128 Å². The van der Waals surface area contributed by atoms with Crippen molar-refractivity contribution in [1.82, 2.24) is 0 Å². The van der Waals surface area contributed by atoms with Crippen LogP contribution in [-0.4, -0.2) is 25.0 Å². The van der Waals surface area contributed by atoms with Crippen molar-refractivity contribution >= 4 is 23.2 Å². The van der Waals surface area contributed by atoms with Crippen LogP contribution in [0, 0.1) is 5.92 Å². The van der Waals surface area contributed by atoms with E-state index < -0.39 is 0 Å². The number of ketones is 2.